The number of methoxy groups -OCH3 is 1. The number of ether oxygens (including phenoxy) is 5. The van der Waals surface area contributed by atoms with Gasteiger partial charge in [-0.25, -0.2) is 9.69 Å². The van der Waals surface area contributed by atoms with Crippen LogP contribution in [0, 0.1) is 5.92 Å². The van der Waals surface area contributed by atoms with Gasteiger partial charge in [0.1, 0.15) is 11.7 Å². The molecule has 5 atom stereocenters. The average molecular weight is 643 g/mol. The molecule has 0 aromatic heterocycles. The van der Waals surface area contributed by atoms with Crippen molar-refractivity contribution in [3.63, 3.8) is 0 Å². The average Bonchev–Trinajstić information content (AvgIpc) is 3.17. The van der Waals surface area contributed by atoms with Crippen molar-refractivity contribution in [2.75, 3.05) is 26.9 Å². The first-order chi connectivity index (χ1) is 19.3. The third-order valence-electron chi connectivity index (χ3n) is 7.06. The molecule has 11 nitrogen and oxygen atoms in total. The van der Waals surface area contributed by atoms with E-state index in [2.05, 4.69) is 15.9 Å². The van der Waals surface area contributed by atoms with Crippen LogP contribution in [0.5, 0.6) is 0 Å². The van der Waals surface area contributed by atoms with Crippen LogP contribution in [0.3, 0.4) is 0 Å². The molecule has 3 rings (SSSR count). The van der Waals surface area contributed by atoms with E-state index in [1.807, 2.05) is 44.2 Å². The number of imide groups is 1. The van der Waals surface area contributed by atoms with Crippen molar-refractivity contribution in [2.45, 2.75) is 82.9 Å². The highest BCUT2D eigenvalue weighted by Gasteiger charge is 2.55. The van der Waals surface area contributed by atoms with Crippen LogP contribution in [0.2, 0.25) is 0 Å². The molecule has 0 unspecified atom stereocenters. The van der Waals surface area contributed by atoms with Gasteiger partial charge in [-0.1, -0.05) is 44.2 Å². The Bertz CT molecular complexity index is 1090. The first kappa shape index (κ1) is 33.3. The van der Waals surface area contributed by atoms with Gasteiger partial charge in [0.05, 0.1) is 30.3 Å². The lowest BCUT2D eigenvalue weighted by atomic mass is 9.88. The Labute approximate surface area is 248 Å². The number of aliphatic hydroxyl groups excluding tert-OH is 1. The van der Waals surface area contributed by atoms with Crippen LogP contribution < -0.4 is 0 Å². The molecule has 228 valence electrons. The molecule has 1 aromatic rings. The summed E-state index contributed by atoms with van der Waals surface area (Å²) in [5.74, 6) is -3.47. The second kappa shape index (κ2) is 14.3. The molecule has 12 heteroatoms. The molecule has 0 aliphatic carbocycles. The van der Waals surface area contributed by atoms with Gasteiger partial charge in [-0.15, -0.1) is 0 Å². The molecule has 2 aliphatic rings. The van der Waals surface area contributed by atoms with Crippen LogP contribution in [0.4, 0.5) is 4.79 Å². The van der Waals surface area contributed by atoms with Gasteiger partial charge < -0.3 is 33.9 Å². The predicted octanol–water partition coefficient (Wildman–Crippen LogP) is 3.09. The molecule has 2 N–H and O–H groups in total. The third-order valence-corrected chi connectivity index (χ3v) is 7.91. The van der Waals surface area contributed by atoms with Crippen molar-refractivity contribution < 1.29 is 48.3 Å². The van der Waals surface area contributed by atoms with Gasteiger partial charge in [0.15, 0.2) is 23.8 Å². The van der Waals surface area contributed by atoms with E-state index < -0.39 is 53.5 Å². The Morgan fingerprint density at radius 3 is 2.49 bits per heavy atom. The molecular weight excluding hydrogens is 602 g/mol. The summed E-state index contributed by atoms with van der Waals surface area (Å²) in [5, 5.41) is 20.9. The van der Waals surface area contributed by atoms with E-state index in [1.165, 1.54) is 7.11 Å². The number of nitrogens with zero attached hydrogens (tertiary/aromatic N) is 1. The summed E-state index contributed by atoms with van der Waals surface area (Å²) in [5.41, 5.74) is 0.0309. The maximum absolute atomic E-state index is 13.6. The number of halogens is 1. The van der Waals surface area contributed by atoms with Gasteiger partial charge in [-0.05, 0) is 53.8 Å². The highest BCUT2D eigenvalue weighted by atomic mass is 79.9. The van der Waals surface area contributed by atoms with Gasteiger partial charge in [0, 0.05) is 20.1 Å². The largest absolute Gasteiger partial charge is 0.441 e. The number of carbonyl (C=O) groups excluding carboxylic acids is 3. The number of carbonyl (C=O) groups is 3. The molecule has 1 saturated heterocycles. The van der Waals surface area contributed by atoms with Crippen LogP contribution in [0.25, 0.3) is 0 Å². The van der Waals surface area contributed by atoms with Crippen LogP contribution in [0.1, 0.15) is 46.1 Å². The highest BCUT2D eigenvalue weighted by molar-refractivity contribution is 9.11. The Morgan fingerprint density at radius 1 is 1.20 bits per heavy atom. The molecule has 1 fully saturated rings. The van der Waals surface area contributed by atoms with Gasteiger partial charge >= 0.3 is 6.09 Å². The third kappa shape index (κ3) is 8.01. The summed E-state index contributed by atoms with van der Waals surface area (Å²) in [6.45, 7) is 7.60. The lowest BCUT2D eigenvalue weighted by Crippen LogP contribution is -2.58. The summed E-state index contributed by atoms with van der Waals surface area (Å²) in [6.07, 6.45) is -2.89. The molecule has 0 bridgehead atoms. The first-order valence-electron chi connectivity index (χ1n) is 13.6. The molecule has 41 heavy (non-hydrogen) atoms. The van der Waals surface area contributed by atoms with Gasteiger partial charge in [0.25, 0.3) is 5.91 Å². The lowest BCUT2D eigenvalue weighted by Gasteiger charge is -2.38. The monoisotopic (exact) mass is 641 g/mol. The molecular formula is C29H40BrNO10. The first-order valence-corrected chi connectivity index (χ1v) is 14.4. The van der Waals surface area contributed by atoms with Crippen LogP contribution in [0.15, 0.2) is 40.9 Å². The number of hydrogen-bond acceptors (Lipinski definition) is 10. The summed E-state index contributed by atoms with van der Waals surface area (Å²) < 4.78 is 28.1. The van der Waals surface area contributed by atoms with E-state index in [1.54, 1.807) is 13.8 Å². The van der Waals surface area contributed by atoms with E-state index in [0.29, 0.717) is 13.0 Å². The van der Waals surface area contributed by atoms with Crippen molar-refractivity contribution in [3.05, 3.63) is 46.5 Å². The van der Waals surface area contributed by atoms with Crippen LogP contribution in [-0.4, -0.2) is 95.6 Å². The van der Waals surface area contributed by atoms with Gasteiger partial charge in [-0.3, -0.25) is 9.59 Å². The van der Waals surface area contributed by atoms with E-state index in [-0.39, 0.29) is 36.6 Å². The van der Waals surface area contributed by atoms with Crippen molar-refractivity contribution in [1.82, 2.24) is 4.90 Å². The Balaban J connectivity index is 1.59. The van der Waals surface area contributed by atoms with Gasteiger partial charge in [-0.2, -0.15) is 0 Å². The topological polar surface area (TPSA) is 141 Å². The number of cyclic esters (lactones) is 1. The Hall–Kier alpha value is -2.19. The number of benzene rings is 1. The summed E-state index contributed by atoms with van der Waals surface area (Å²) in [4.78, 5) is 40.1. The molecule has 0 saturated carbocycles. The predicted molar refractivity (Wildman–Crippen MR) is 151 cm³/mol. The SMILES string of the molecule is CO[C@@H](C(=O)N1C(=O)OC(C)(C)[C@H]1C(C)C)[C@@H]1O[C@@](O)(CCCOC[C@@H](CO)OCc2ccccc2)C(Br)=CC1=O. The molecule has 0 radical (unpaired) electrons. The highest BCUT2D eigenvalue weighted by Crippen LogP contribution is 2.38. The summed E-state index contributed by atoms with van der Waals surface area (Å²) in [6, 6.07) is 8.96. The van der Waals surface area contributed by atoms with E-state index in [4.69, 9.17) is 23.7 Å². The minimum Gasteiger partial charge on any atom is -0.441 e. The zero-order chi connectivity index (χ0) is 30.4. The molecule has 2 heterocycles. The quantitative estimate of drug-likeness (QED) is 0.291. The fourth-order valence-corrected chi connectivity index (χ4v) is 5.70. The molecule has 0 spiro atoms. The van der Waals surface area contributed by atoms with Crippen LogP contribution in [-0.2, 0) is 39.9 Å². The number of rotatable bonds is 14. The minimum atomic E-state index is -1.94. The Morgan fingerprint density at radius 2 is 1.88 bits per heavy atom. The molecule has 2 amide bonds. The van der Waals surface area contributed by atoms with E-state index in [0.717, 1.165) is 16.5 Å². The number of aliphatic hydroxyl groups is 2. The standard InChI is InChI=1S/C29H40BrNO10/c1-18(2)25-28(3,4)41-27(35)31(25)26(34)24(37-5)23-21(33)14-22(30)29(36,40-23)12-9-13-38-17-20(15-32)39-16-19-10-7-6-8-11-19/h6-8,10-11,14,18,20,23-25,32,36H,9,12-13,15-17H2,1-5H3/t20-,23-,24-,25-,29+/m1/s1. The summed E-state index contributed by atoms with van der Waals surface area (Å²) >= 11 is 3.21. The number of hydrogen-bond donors (Lipinski definition) is 2. The lowest BCUT2D eigenvalue weighted by molar-refractivity contribution is -0.227. The van der Waals surface area contributed by atoms with Gasteiger partial charge in [0.2, 0.25) is 0 Å². The minimum absolute atomic E-state index is 0.0144. The number of ketones is 1. The fraction of sp³-hybridized carbons (Fsp3) is 0.621. The van der Waals surface area contributed by atoms with Crippen molar-refractivity contribution in [1.29, 1.82) is 0 Å². The molecule has 1 aromatic carbocycles. The zero-order valence-electron chi connectivity index (χ0n) is 24.1. The van der Waals surface area contributed by atoms with Crippen molar-refractivity contribution in [2.24, 2.45) is 5.92 Å². The maximum atomic E-state index is 13.6. The zero-order valence-corrected chi connectivity index (χ0v) is 25.7. The van der Waals surface area contributed by atoms with E-state index in [9.17, 15) is 24.6 Å². The van der Waals surface area contributed by atoms with Crippen molar-refractivity contribution >= 4 is 33.7 Å². The summed E-state index contributed by atoms with van der Waals surface area (Å²) in [7, 11) is 1.23. The number of amides is 2. The molecule has 2 aliphatic heterocycles. The Kier molecular flexibility index (Phi) is 11.6. The smallest absolute Gasteiger partial charge is 0.417 e. The maximum Gasteiger partial charge on any atom is 0.417 e. The van der Waals surface area contributed by atoms with Crippen LogP contribution >= 0.6 is 15.9 Å². The second-order valence-corrected chi connectivity index (χ2v) is 11.9. The van der Waals surface area contributed by atoms with Crippen molar-refractivity contribution in [3.8, 4) is 0 Å². The normalized spacial score (nSPS) is 25.7. The van der Waals surface area contributed by atoms with E-state index >= 15 is 0 Å². The second-order valence-electron chi connectivity index (χ2n) is 11.0. The fourth-order valence-electron chi connectivity index (χ4n) is 5.18.